The van der Waals surface area contributed by atoms with Gasteiger partial charge in [0.1, 0.15) is 0 Å². The molecule has 0 aliphatic rings. The summed E-state index contributed by atoms with van der Waals surface area (Å²) >= 11 is 0. The zero-order valence-corrected chi connectivity index (χ0v) is 9.29. The molecule has 0 aliphatic heterocycles. The van der Waals surface area contributed by atoms with E-state index in [2.05, 4.69) is 0 Å². The molecule has 0 amide bonds. The number of halogens is 1. The predicted molar refractivity (Wildman–Crippen MR) is 63.0 cm³/mol. The molecule has 82 valence electrons. The number of hydrogen-bond donors (Lipinski definition) is 1. The summed E-state index contributed by atoms with van der Waals surface area (Å²) in [7, 11) is 0. The van der Waals surface area contributed by atoms with Crippen molar-refractivity contribution in [2.75, 3.05) is 0 Å². The first-order valence-corrected chi connectivity index (χ1v) is 5.14. The molecule has 1 N–H and O–H groups in total. The van der Waals surface area contributed by atoms with Crippen molar-refractivity contribution >= 4 is 0 Å². The van der Waals surface area contributed by atoms with Crippen LogP contribution in [0.5, 0.6) is 5.75 Å². The molecule has 0 unspecified atom stereocenters. The lowest BCUT2D eigenvalue weighted by Crippen LogP contribution is -1.86. The lowest BCUT2D eigenvalue weighted by Gasteiger charge is -2.07. The molecule has 2 rings (SSSR count). The van der Waals surface area contributed by atoms with Gasteiger partial charge in [-0.05, 0) is 42.7 Å². The molecule has 0 aliphatic carbocycles. The summed E-state index contributed by atoms with van der Waals surface area (Å²) in [6.07, 6.45) is 0. The fourth-order valence-electron chi connectivity index (χ4n) is 1.71. The molecule has 16 heavy (non-hydrogen) atoms. The number of phenolic OH excluding ortho intramolecular Hbond substituents is 1. The van der Waals surface area contributed by atoms with Crippen LogP contribution in [0.4, 0.5) is 4.39 Å². The third kappa shape index (κ3) is 1.91. The average Bonchev–Trinajstić information content (AvgIpc) is 2.25. The van der Waals surface area contributed by atoms with Crippen molar-refractivity contribution in [3.8, 4) is 16.9 Å². The van der Waals surface area contributed by atoms with Gasteiger partial charge in [0.15, 0.2) is 11.6 Å². The van der Waals surface area contributed by atoms with Crippen LogP contribution in [0.2, 0.25) is 0 Å². The van der Waals surface area contributed by atoms with Gasteiger partial charge >= 0.3 is 0 Å². The maximum atomic E-state index is 13.3. The van der Waals surface area contributed by atoms with Crippen LogP contribution in [0.1, 0.15) is 11.1 Å². The summed E-state index contributed by atoms with van der Waals surface area (Å²) < 4.78 is 13.3. The second-order valence-corrected chi connectivity index (χ2v) is 3.98. The minimum Gasteiger partial charge on any atom is -0.505 e. The van der Waals surface area contributed by atoms with Crippen LogP contribution in [0.15, 0.2) is 36.4 Å². The topological polar surface area (TPSA) is 20.2 Å². The molecule has 2 aromatic carbocycles. The van der Waals surface area contributed by atoms with Crippen LogP contribution in [-0.2, 0) is 0 Å². The Kier molecular flexibility index (Phi) is 2.65. The molecule has 0 fully saturated rings. The van der Waals surface area contributed by atoms with Gasteiger partial charge in [-0.2, -0.15) is 0 Å². The maximum Gasteiger partial charge on any atom is 0.165 e. The van der Waals surface area contributed by atoms with E-state index >= 15 is 0 Å². The van der Waals surface area contributed by atoms with Crippen molar-refractivity contribution in [2.24, 2.45) is 0 Å². The Hall–Kier alpha value is -1.83. The van der Waals surface area contributed by atoms with Gasteiger partial charge in [0.05, 0.1) is 0 Å². The monoisotopic (exact) mass is 216 g/mol. The molecule has 0 radical (unpaired) electrons. The molecule has 0 saturated heterocycles. The Morgan fingerprint density at radius 3 is 2.25 bits per heavy atom. The number of hydrogen-bond acceptors (Lipinski definition) is 1. The van der Waals surface area contributed by atoms with Crippen molar-refractivity contribution < 1.29 is 9.50 Å². The van der Waals surface area contributed by atoms with Gasteiger partial charge in [0.25, 0.3) is 0 Å². The summed E-state index contributed by atoms with van der Waals surface area (Å²) in [5.41, 5.74) is 3.81. The molecule has 0 saturated carbocycles. The van der Waals surface area contributed by atoms with Crippen molar-refractivity contribution in [3.05, 3.63) is 53.3 Å². The lowest BCUT2D eigenvalue weighted by atomic mass is 9.99. The third-order valence-corrected chi connectivity index (χ3v) is 2.66. The van der Waals surface area contributed by atoms with Gasteiger partial charge in [-0.3, -0.25) is 0 Å². The molecule has 0 atom stereocenters. The van der Waals surface area contributed by atoms with Crippen LogP contribution in [-0.4, -0.2) is 5.11 Å². The minimum atomic E-state index is -0.582. The summed E-state index contributed by atoms with van der Waals surface area (Å²) in [4.78, 5) is 0. The van der Waals surface area contributed by atoms with Crippen molar-refractivity contribution in [1.29, 1.82) is 0 Å². The third-order valence-electron chi connectivity index (χ3n) is 2.66. The fourth-order valence-corrected chi connectivity index (χ4v) is 1.71. The Morgan fingerprint density at radius 1 is 1.00 bits per heavy atom. The van der Waals surface area contributed by atoms with Crippen LogP contribution in [0.3, 0.4) is 0 Å². The lowest BCUT2D eigenvalue weighted by molar-refractivity contribution is 0.432. The van der Waals surface area contributed by atoms with Gasteiger partial charge in [0.2, 0.25) is 0 Å². The van der Waals surface area contributed by atoms with Gasteiger partial charge in [0, 0.05) is 0 Å². The Bertz CT molecular complexity index is 515. The second-order valence-electron chi connectivity index (χ2n) is 3.98. The number of rotatable bonds is 1. The first-order valence-electron chi connectivity index (χ1n) is 5.14. The van der Waals surface area contributed by atoms with E-state index in [0.717, 1.165) is 16.7 Å². The normalized spacial score (nSPS) is 10.4. The highest BCUT2D eigenvalue weighted by molar-refractivity contribution is 5.68. The van der Waals surface area contributed by atoms with E-state index in [1.165, 1.54) is 17.7 Å². The smallest absolute Gasteiger partial charge is 0.165 e. The zero-order chi connectivity index (χ0) is 11.7. The molecular formula is C14H13FO. The Labute approximate surface area is 94.2 Å². The van der Waals surface area contributed by atoms with Gasteiger partial charge in [-0.25, -0.2) is 4.39 Å². The standard InChI is InChI=1S/C14H13FO/c1-9-3-5-11(6-4-9)12-8-13(15)14(16)7-10(12)2/h3-8,16H,1-2H3. The van der Waals surface area contributed by atoms with Crippen molar-refractivity contribution in [2.45, 2.75) is 13.8 Å². The quantitative estimate of drug-likeness (QED) is 0.768. The number of aromatic hydroxyl groups is 1. The molecular weight excluding hydrogens is 203 g/mol. The predicted octanol–water partition coefficient (Wildman–Crippen LogP) is 3.82. The van der Waals surface area contributed by atoms with E-state index in [4.69, 9.17) is 0 Å². The first kappa shape index (κ1) is 10.7. The highest BCUT2D eigenvalue weighted by Gasteiger charge is 2.07. The van der Waals surface area contributed by atoms with Crippen LogP contribution in [0, 0.1) is 19.7 Å². The summed E-state index contributed by atoms with van der Waals surface area (Å²) in [6, 6.07) is 10.7. The van der Waals surface area contributed by atoms with Crippen LogP contribution >= 0.6 is 0 Å². The fraction of sp³-hybridized carbons (Fsp3) is 0.143. The molecule has 0 bridgehead atoms. The summed E-state index contributed by atoms with van der Waals surface area (Å²) in [5, 5.41) is 9.24. The minimum absolute atomic E-state index is 0.298. The average molecular weight is 216 g/mol. The SMILES string of the molecule is Cc1ccc(-c2cc(F)c(O)cc2C)cc1. The molecule has 2 aromatic rings. The zero-order valence-electron chi connectivity index (χ0n) is 9.29. The van der Waals surface area contributed by atoms with Gasteiger partial charge < -0.3 is 5.11 Å². The maximum absolute atomic E-state index is 13.3. The Morgan fingerprint density at radius 2 is 1.62 bits per heavy atom. The van der Waals surface area contributed by atoms with Crippen LogP contribution < -0.4 is 0 Å². The van der Waals surface area contributed by atoms with Crippen molar-refractivity contribution in [1.82, 2.24) is 0 Å². The van der Waals surface area contributed by atoms with E-state index in [1.54, 1.807) is 0 Å². The van der Waals surface area contributed by atoms with Gasteiger partial charge in [-0.15, -0.1) is 0 Å². The van der Waals surface area contributed by atoms with E-state index in [-0.39, 0.29) is 5.75 Å². The molecule has 0 spiro atoms. The molecule has 0 aromatic heterocycles. The molecule has 1 nitrogen and oxygen atoms in total. The second kappa shape index (κ2) is 3.97. The first-order chi connectivity index (χ1) is 7.58. The molecule has 2 heteroatoms. The highest BCUT2D eigenvalue weighted by Crippen LogP contribution is 2.28. The number of phenols is 1. The van der Waals surface area contributed by atoms with Crippen molar-refractivity contribution in [3.63, 3.8) is 0 Å². The summed E-state index contributed by atoms with van der Waals surface area (Å²) in [5.74, 6) is -0.880. The number of aryl methyl sites for hydroxylation is 2. The molecule has 0 heterocycles. The van der Waals surface area contributed by atoms with E-state index < -0.39 is 5.82 Å². The van der Waals surface area contributed by atoms with E-state index in [1.807, 2.05) is 38.1 Å². The van der Waals surface area contributed by atoms with Gasteiger partial charge in [-0.1, -0.05) is 29.8 Å². The highest BCUT2D eigenvalue weighted by atomic mass is 19.1. The Balaban J connectivity index is 2.56. The van der Waals surface area contributed by atoms with E-state index in [9.17, 15) is 9.50 Å². The largest absolute Gasteiger partial charge is 0.505 e. The van der Waals surface area contributed by atoms with E-state index in [0.29, 0.717) is 0 Å². The summed E-state index contributed by atoms with van der Waals surface area (Å²) in [6.45, 7) is 3.86. The van der Waals surface area contributed by atoms with Crippen LogP contribution in [0.25, 0.3) is 11.1 Å². The number of benzene rings is 2.